The average molecular weight is 550 g/mol. The summed E-state index contributed by atoms with van der Waals surface area (Å²) < 4.78 is 12.5. The van der Waals surface area contributed by atoms with Crippen molar-refractivity contribution in [1.29, 1.82) is 0 Å². The molecule has 40 heavy (non-hydrogen) atoms. The van der Waals surface area contributed by atoms with Gasteiger partial charge in [0.2, 0.25) is 0 Å². The Morgan fingerprint density at radius 2 is 1.90 bits per heavy atom. The lowest BCUT2D eigenvalue weighted by Gasteiger charge is -2.51. The third-order valence-electron chi connectivity index (χ3n) is 8.93. The summed E-state index contributed by atoms with van der Waals surface area (Å²) in [5, 5.41) is 11.4. The Labute approximate surface area is 230 Å². The number of imidazole rings is 2. The number of ether oxygens (including phenoxy) is 1. The number of fused-ring (bicyclic) bond motifs is 2. The minimum Gasteiger partial charge on any atom is -0.386 e. The number of carbonyl (C=O) groups excluding carboxylic acids is 1. The van der Waals surface area contributed by atoms with Gasteiger partial charge >= 0.3 is 5.69 Å². The quantitative estimate of drug-likeness (QED) is 0.410. The molecule has 0 saturated carbocycles. The molecule has 4 aromatic rings. The minimum atomic E-state index is -1.26. The number of hydrogen-bond acceptors (Lipinski definition) is 7. The van der Waals surface area contributed by atoms with Crippen LogP contribution in [0.25, 0.3) is 22.2 Å². The summed E-state index contributed by atoms with van der Waals surface area (Å²) in [5.41, 5.74) is 0.262. The van der Waals surface area contributed by atoms with Crippen molar-refractivity contribution in [1.82, 2.24) is 33.1 Å². The molecule has 0 aliphatic carbocycles. The lowest BCUT2D eigenvalue weighted by Crippen LogP contribution is -2.57. The first-order valence-electron chi connectivity index (χ1n) is 13.7. The van der Waals surface area contributed by atoms with Gasteiger partial charge in [-0.3, -0.25) is 18.7 Å². The van der Waals surface area contributed by atoms with Crippen molar-refractivity contribution in [2.45, 2.75) is 63.8 Å². The Bertz CT molecular complexity index is 1770. The summed E-state index contributed by atoms with van der Waals surface area (Å²) in [6.07, 6.45) is 3.17. The first kappa shape index (κ1) is 26.5. The number of amides is 1. The normalized spacial score (nSPS) is 22.9. The molecule has 0 bridgehead atoms. The Hall–Kier alpha value is -3.77. The zero-order valence-corrected chi connectivity index (χ0v) is 23.5. The van der Waals surface area contributed by atoms with Crippen LogP contribution in [0.15, 0.2) is 34.1 Å². The van der Waals surface area contributed by atoms with E-state index >= 15 is 0 Å². The number of carbonyl (C=O) groups is 1. The average Bonchev–Trinajstić information content (AvgIpc) is 3.52. The zero-order chi connectivity index (χ0) is 28.6. The largest absolute Gasteiger partial charge is 0.386 e. The van der Waals surface area contributed by atoms with Gasteiger partial charge in [-0.05, 0) is 51.8 Å². The van der Waals surface area contributed by atoms with Crippen LogP contribution in [0, 0.1) is 6.92 Å². The Balaban J connectivity index is 1.25. The van der Waals surface area contributed by atoms with Crippen LogP contribution in [0.3, 0.4) is 0 Å². The van der Waals surface area contributed by atoms with Crippen LogP contribution < -0.4 is 11.2 Å². The fraction of sp³-hybridized carbons (Fsp3) is 0.536. The summed E-state index contributed by atoms with van der Waals surface area (Å²) in [5.74, 6) is 0.887. The zero-order valence-electron chi connectivity index (χ0n) is 23.5. The molecular formula is C28H35N7O5. The lowest BCUT2D eigenvalue weighted by molar-refractivity contribution is -0.198. The number of rotatable bonds is 3. The van der Waals surface area contributed by atoms with E-state index in [-0.39, 0.29) is 23.7 Å². The van der Waals surface area contributed by atoms with E-state index in [1.165, 1.54) is 17.9 Å². The predicted octanol–water partition coefficient (Wildman–Crippen LogP) is 1.50. The fourth-order valence-electron chi connectivity index (χ4n) is 6.46. The number of aromatic nitrogens is 6. The number of benzene rings is 1. The highest BCUT2D eigenvalue weighted by Crippen LogP contribution is 2.44. The molecular weight excluding hydrogens is 514 g/mol. The SMILES string of the molecule is CCn1c(C)nc2cc(C(=O)N3CCC4(CC3)C[C@H](n3cnc5c3c(=O)n(C)c(=O)n5C)[C@@](C)(O)CO4)ccc21. The second-order valence-corrected chi connectivity index (χ2v) is 11.5. The fourth-order valence-corrected chi connectivity index (χ4v) is 6.46. The molecule has 5 heterocycles. The molecule has 0 unspecified atom stereocenters. The molecule has 12 heteroatoms. The number of nitrogens with zero attached hydrogens (tertiary/aromatic N) is 7. The molecule has 1 N–H and O–H groups in total. The van der Waals surface area contributed by atoms with Crippen molar-refractivity contribution in [2.24, 2.45) is 14.1 Å². The van der Waals surface area contributed by atoms with Gasteiger partial charge < -0.3 is 23.9 Å². The number of aliphatic hydroxyl groups is 1. The van der Waals surface area contributed by atoms with E-state index in [9.17, 15) is 19.5 Å². The van der Waals surface area contributed by atoms with Crippen LogP contribution in [0.2, 0.25) is 0 Å². The number of aryl methyl sites for hydroxylation is 3. The maximum atomic E-state index is 13.4. The summed E-state index contributed by atoms with van der Waals surface area (Å²) in [4.78, 5) is 49.8. The van der Waals surface area contributed by atoms with Gasteiger partial charge in [0.15, 0.2) is 11.2 Å². The van der Waals surface area contributed by atoms with Crippen molar-refractivity contribution in [3.05, 3.63) is 56.8 Å². The van der Waals surface area contributed by atoms with E-state index in [0.717, 1.165) is 28.0 Å². The first-order chi connectivity index (χ1) is 19.0. The molecule has 1 aromatic carbocycles. The molecule has 2 atom stereocenters. The van der Waals surface area contributed by atoms with Crippen molar-refractivity contribution in [2.75, 3.05) is 19.7 Å². The second kappa shape index (κ2) is 9.13. The van der Waals surface area contributed by atoms with Gasteiger partial charge in [0.25, 0.3) is 11.5 Å². The van der Waals surface area contributed by atoms with Gasteiger partial charge in [-0.25, -0.2) is 14.8 Å². The van der Waals surface area contributed by atoms with Gasteiger partial charge in [-0.1, -0.05) is 0 Å². The molecule has 2 aliphatic heterocycles. The summed E-state index contributed by atoms with van der Waals surface area (Å²) >= 11 is 0. The van der Waals surface area contributed by atoms with E-state index in [1.54, 1.807) is 18.5 Å². The van der Waals surface area contributed by atoms with Crippen LogP contribution in [0.5, 0.6) is 0 Å². The molecule has 6 rings (SSSR count). The standard InChI is InChI=1S/C28H35N7O5/c1-6-34-17(2)30-19-13-18(7-8-20(19)34)24(36)33-11-9-28(10-12-33)14-21(27(3,39)15-40-28)35-16-29-23-22(35)25(37)32(5)26(38)31(23)4/h7-8,13,16,21,39H,6,9-12,14-15H2,1-5H3/t21-,27-/m0/s1. The van der Waals surface area contributed by atoms with Crippen LogP contribution >= 0.6 is 0 Å². The van der Waals surface area contributed by atoms with Crippen LogP contribution in [-0.4, -0.2) is 75.0 Å². The van der Waals surface area contributed by atoms with E-state index in [1.807, 2.05) is 30.0 Å². The smallest absolute Gasteiger partial charge is 0.332 e. The van der Waals surface area contributed by atoms with Crippen molar-refractivity contribution < 1.29 is 14.6 Å². The predicted molar refractivity (Wildman–Crippen MR) is 148 cm³/mol. The molecule has 2 fully saturated rings. The second-order valence-electron chi connectivity index (χ2n) is 11.5. The van der Waals surface area contributed by atoms with Crippen LogP contribution in [-0.2, 0) is 25.4 Å². The maximum absolute atomic E-state index is 13.4. The molecule has 0 radical (unpaired) electrons. The summed E-state index contributed by atoms with van der Waals surface area (Å²) in [7, 11) is 3.01. The highest BCUT2D eigenvalue weighted by molar-refractivity contribution is 5.97. The van der Waals surface area contributed by atoms with E-state index in [0.29, 0.717) is 37.9 Å². The Morgan fingerprint density at radius 1 is 1.18 bits per heavy atom. The van der Waals surface area contributed by atoms with Crippen LogP contribution in [0.4, 0.5) is 0 Å². The minimum absolute atomic E-state index is 0.0372. The molecule has 1 amide bonds. The topological polar surface area (TPSA) is 129 Å². The first-order valence-corrected chi connectivity index (χ1v) is 13.7. The number of piperidine rings is 1. The van der Waals surface area contributed by atoms with Gasteiger partial charge in [-0.15, -0.1) is 0 Å². The highest BCUT2D eigenvalue weighted by Gasteiger charge is 2.50. The van der Waals surface area contributed by atoms with E-state index in [4.69, 9.17) is 4.74 Å². The van der Waals surface area contributed by atoms with Gasteiger partial charge in [0.05, 0.1) is 35.6 Å². The number of likely N-dealkylation sites (tertiary alicyclic amines) is 1. The van der Waals surface area contributed by atoms with E-state index in [2.05, 4.69) is 21.5 Å². The monoisotopic (exact) mass is 549 g/mol. The van der Waals surface area contributed by atoms with Crippen LogP contribution in [0.1, 0.15) is 55.3 Å². The maximum Gasteiger partial charge on any atom is 0.332 e. The summed E-state index contributed by atoms with van der Waals surface area (Å²) in [6.45, 7) is 7.65. The number of hydrogen-bond donors (Lipinski definition) is 1. The third-order valence-corrected chi connectivity index (χ3v) is 8.93. The highest BCUT2D eigenvalue weighted by atomic mass is 16.5. The summed E-state index contributed by atoms with van der Waals surface area (Å²) in [6, 6.07) is 5.19. The molecule has 12 nitrogen and oxygen atoms in total. The Kier molecular flexibility index (Phi) is 6.04. The van der Waals surface area contributed by atoms with Gasteiger partial charge in [-0.2, -0.15) is 0 Å². The van der Waals surface area contributed by atoms with E-state index < -0.39 is 28.5 Å². The van der Waals surface area contributed by atoms with Gasteiger partial charge in [0, 0.05) is 45.7 Å². The molecule has 2 saturated heterocycles. The van der Waals surface area contributed by atoms with Crippen molar-refractivity contribution >= 4 is 28.1 Å². The van der Waals surface area contributed by atoms with Crippen molar-refractivity contribution in [3.8, 4) is 0 Å². The molecule has 3 aromatic heterocycles. The third kappa shape index (κ3) is 3.92. The van der Waals surface area contributed by atoms with Gasteiger partial charge in [0.1, 0.15) is 11.4 Å². The Morgan fingerprint density at radius 3 is 2.60 bits per heavy atom. The van der Waals surface area contributed by atoms with Crippen molar-refractivity contribution in [3.63, 3.8) is 0 Å². The molecule has 2 aliphatic rings. The molecule has 212 valence electrons. The lowest BCUT2D eigenvalue weighted by atomic mass is 9.77. The molecule has 1 spiro atoms.